The van der Waals surface area contributed by atoms with Crippen molar-refractivity contribution < 1.29 is 39.2 Å². The summed E-state index contributed by atoms with van der Waals surface area (Å²) in [6, 6.07) is 0. The van der Waals surface area contributed by atoms with Gasteiger partial charge in [-0.05, 0) is 5.92 Å². The standard InChI is InChI=1S/C20H36N4O8/c1-16(2)15-32-20(31)14-24-9-7-22(12-18(27)28)5-3-21(11-17(25)26)4-6-23(8-10-24)13-19(29)30/h16H,3-15H2,1-2H3,(H,25,26)(H,27,28)(H,29,30). The van der Waals surface area contributed by atoms with Gasteiger partial charge in [-0.25, -0.2) is 0 Å². The molecule has 12 nitrogen and oxygen atoms in total. The molecule has 0 saturated carbocycles. The van der Waals surface area contributed by atoms with Gasteiger partial charge in [-0.15, -0.1) is 0 Å². The van der Waals surface area contributed by atoms with Gasteiger partial charge < -0.3 is 20.1 Å². The Kier molecular flexibility index (Phi) is 12.8. The molecule has 0 aromatic carbocycles. The summed E-state index contributed by atoms with van der Waals surface area (Å²) < 4.78 is 5.25. The summed E-state index contributed by atoms with van der Waals surface area (Å²) in [5, 5.41) is 27.6. The SMILES string of the molecule is CC(C)COC(=O)CN1CCN(CC(=O)O)CCN(CC(=O)O)CCN(CC(=O)O)CC1. The fourth-order valence-electron chi connectivity index (χ4n) is 3.27. The van der Waals surface area contributed by atoms with Crippen molar-refractivity contribution in [3.63, 3.8) is 0 Å². The highest BCUT2D eigenvalue weighted by molar-refractivity contribution is 5.71. The van der Waals surface area contributed by atoms with Crippen LogP contribution in [-0.2, 0) is 23.9 Å². The Balaban J connectivity index is 2.91. The molecule has 1 aliphatic rings. The smallest absolute Gasteiger partial charge is 0.320 e. The van der Waals surface area contributed by atoms with Gasteiger partial charge in [-0.2, -0.15) is 0 Å². The molecule has 0 spiro atoms. The summed E-state index contributed by atoms with van der Waals surface area (Å²) in [6.45, 7) is 6.45. The lowest BCUT2D eigenvalue weighted by molar-refractivity contribution is -0.146. The molecule has 1 heterocycles. The summed E-state index contributed by atoms with van der Waals surface area (Å²) >= 11 is 0. The maximum absolute atomic E-state index is 12.2. The number of nitrogens with zero attached hydrogens (tertiary/aromatic N) is 4. The molecule has 184 valence electrons. The fraction of sp³-hybridized carbons (Fsp3) is 0.800. The van der Waals surface area contributed by atoms with Crippen LogP contribution < -0.4 is 0 Å². The van der Waals surface area contributed by atoms with Crippen molar-refractivity contribution in [1.82, 2.24) is 19.6 Å². The zero-order valence-electron chi connectivity index (χ0n) is 18.9. The molecule has 1 rings (SSSR count). The summed E-state index contributed by atoms with van der Waals surface area (Å²) in [7, 11) is 0. The maximum atomic E-state index is 12.2. The normalized spacial score (nSPS) is 18.6. The number of ether oxygens (including phenoxy) is 1. The first-order valence-corrected chi connectivity index (χ1v) is 10.8. The lowest BCUT2D eigenvalue weighted by atomic mass is 10.2. The van der Waals surface area contributed by atoms with Gasteiger partial charge in [0.2, 0.25) is 0 Å². The van der Waals surface area contributed by atoms with Crippen LogP contribution in [0.5, 0.6) is 0 Å². The highest BCUT2D eigenvalue weighted by Gasteiger charge is 2.21. The number of aliphatic carboxylic acids is 3. The zero-order chi connectivity index (χ0) is 24.1. The van der Waals surface area contributed by atoms with E-state index in [-0.39, 0.29) is 38.1 Å². The van der Waals surface area contributed by atoms with Crippen LogP contribution >= 0.6 is 0 Å². The molecule has 0 amide bonds. The van der Waals surface area contributed by atoms with E-state index in [2.05, 4.69) is 0 Å². The molecule has 12 heteroatoms. The molecule has 32 heavy (non-hydrogen) atoms. The van der Waals surface area contributed by atoms with Crippen molar-refractivity contribution in [3.05, 3.63) is 0 Å². The second-order valence-electron chi connectivity index (χ2n) is 8.36. The number of hydrogen-bond acceptors (Lipinski definition) is 9. The second-order valence-corrected chi connectivity index (χ2v) is 8.36. The van der Waals surface area contributed by atoms with Gasteiger partial charge in [0.15, 0.2) is 0 Å². The van der Waals surface area contributed by atoms with Crippen molar-refractivity contribution in [2.24, 2.45) is 5.92 Å². The van der Waals surface area contributed by atoms with Crippen molar-refractivity contribution in [2.75, 3.05) is 85.1 Å². The Labute approximate surface area is 188 Å². The van der Waals surface area contributed by atoms with Crippen LogP contribution in [0.3, 0.4) is 0 Å². The van der Waals surface area contributed by atoms with Crippen molar-refractivity contribution >= 4 is 23.9 Å². The number of carbonyl (C=O) groups is 4. The molecule has 0 unspecified atom stereocenters. The molecule has 3 N–H and O–H groups in total. The largest absolute Gasteiger partial charge is 0.480 e. The van der Waals surface area contributed by atoms with E-state index in [9.17, 15) is 29.4 Å². The number of esters is 1. The fourth-order valence-corrected chi connectivity index (χ4v) is 3.27. The Morgan fingerprint density at radius 2 is 0.906 bits per heavy atom. The second kappa shape index (κ2) is 14.7. The van der Waals surface area contributed by atoms with Crippen LogP contribution in [0.1, 0.15) is 13.8 Å². The zero-order valence-corrected chi connectivity index (χ0v) is 18.9. The first-order chi connectivity index (χ1) is 15.0. The topological polar surface area (TPSA) is 151 Å². The molecular formula is C20H36N4O8. The minimum absolute atomic E-state index is 0.0275. The minimum atomic E-state index is -1.00. The molecular weight excluding hydrogens is 424 g/mol. The molecule has 1 fully saturated rings. The van der Waals surface area contributed by atoms with E-state index >= 15 is 0 Å². The van der Waals surface area contributed by atoms with Gasteiger partial charge in [-0.1, -0.05) is 13.8 Å². The van der Waals surface area contributed by atoms with Crippen LogP contribution in [0, 0.1) is 5.92 Å². The molecule has 0 aromatic rings. The highest BCUT2D eigenvalue weighted by Crippen LogP contribution is 2.02. The van der Waals surface area contributed by atoms with Crippen LogP contribution in [-0.4, -0.2) is 144 Å². The predicted molar refractivity (Wildman–Crippen MR) is 114 cm³/mol. The number of rotatable bonds is 10. The van der Waals surface area contributed by atoms with Gasteiger partial charge in [-0.3, -0.25) is 38.8 Å². The van der Waals surface area contributed by atoms with Crippen molar-refractivity contribution in [1.29, 1.82) is 0 Å². The monoisotopic (exact) mass is 460 g/mol. The van der Waals surface area contributed by atoms with E-state index in [0.717, 1.165) is 0 Å². The van der Waals surface area contributed by atoms with Gasteiger partial charge >= 0.3 is 23.9 Å². The third-order valence-electron chi connectivity index (χ3n) is 4.94. The first-order valence-electron chi connectivity index (χ1n) is 10.8. The average Bonchev–Trinajstić information content (AvgIpc) is 2.67. The quantitative estimate of drug-likeness (QED) is 0.331. The average molecular weight is 461 g/mol. The maximum Gasteiger partial charge on any atom is 0.320 e. The molecule has 0 radical (unpaired) electrons. The van der Waals surface area contributed by atoms with E-state index < -0.39 is 17.9 Å². The van der Waals surface area contributed by atoms with Gasteiger partial charge in [0.1, 0.15) is 0 Å². The van der Waals surface area contributed by atoms with E-state index in [1.165, 1.54) is 0 Å². The molecule has 0 atom stereocenters. The lowest BCUT2D eigenvalue weighted by Gasteiger charge is -2.32. The van der Waals surface area contributed by atoms with E-state index in [1.54, 1.807) is 14.7 Å². The van der Waals surface area contributed by atoms with Gasteiger partial charge in [0.05, 0.1) is 32.8 Å². The molecule has 1 saturated heterocycles. The third-order valence-corrected chi connectivity index (χ3v) is 4.94. The van der Waals surface area contributed by atoms with Crippen molar-refractivity contribution in [2.45, 2.75) is 13.8 Å². The van der Waals surface area contributed by atoms with Crippen molar-refractivity contribution in [3.8, 4) is 0 Å². The summed E-state index contributed by atoms with van der Waals surface area (Å²) in [6.07, 6.45) is 0. The molecule has 0 bridgehead atoms. The Bertz CT molecular complexity index is 599. The third kappa shape index (κ3) is 13.2. The lowest BCUT2D eigenvalue weighted by Crippen LogP contribution is -2.49. The van der Waals surface area contributed by atoms with Gasteiger partial charge in [0, 0.05) is 52.4 Å². The predicted octanol–water partition coefficient (Wildman–Crippen LogP) is -1.34. The minimum Gasteiger partial charge on any atom is -0.480 e. The van der Waals surface area contributed by atoms with Crippen LogP contribution in [0.15, 0.2) is 0 Å². The summed E-state index contributed by atoms with van der Waals surface area (Å²) in [5.41, 5.74) is 0. The Morgan fingerprint density at radius 3 is 1.16 bits per heavy atom. The Hall–Kier alpha value is -2.28. The number of carboxylic acids is 3. The number of hydrogen-bond donors (Lipinski definition) is 3. The van der Waals surface area contributed by atoms with Crippen LogP contribution in [0.4, 0.5) is 0 Å². The van der Waals surface area contributed by atoms with E-state index in [0.29, 0.717) is 59.0 Å². The first kappa shape index (κ1) is 27.8. The number of carbonyl (C=O) groups excluding carboxylic acids is 1. The highest BCUT2D eigenvalue weighted by atomic mass is 16.5. The van der Waals surface area contributed by atoms with Gasteiger partial charge in [0.25, 0.3) is 0 Å². The molecule has 0 aromatic heterocycles. The van der Waals surface area contributed by atoms with Crippen LogP contribution in [0.2, 0.25) is 0 Å². The van der Waals surface area contributed by atoms with E-state index in [4.69, 9.17) is 9.84 Å². The van der Waals surface area contributed by atoms with E-state index in [1.807, 2.05) is 18.7 Å². The molecule has 1 aliphatic heterocycles. The number of carboxylic acid groups (broad SMARTS) is 3. The Morgan fingerprint density at radius 1 is 0.625 bits per heavy atom. The van der Waals surface area contributed by atoms with Crippen LogP contribution in [0.25, 0.3) is 0 Å². The molecule has 0 aliphatic carbocycles. The summed E-state index contributed by atoms with van der Waals surface area (Å²) in [4.78, 5) is 52.8. The summed E-state index contributed by atoms with van der Waals surface area (Å²) in [5.74, 6) is -3.16.